The minimum absolute atomic E-state index is 0.408. The van der Waals surface area contributed by atoms with E-state index in [0.29, 0.717) is 5.92 Å². The first-order valence-electron chi connectivity index (χ1n) is 7.20. The lowest BCUT2D eigenvalue weighted by Gasteiger charge is -2.17. The van der Waals surface area contributed by atoms with Gasteiger partial charge in [-0.2, -0.15) is 0 Å². The van der Waals surface area contributed by atoms with E-state index in [9.17, 15) is 0 Å². The number of hydrogen-bond donors (Lipinski definition) is 1. The van der Waals surface area contributed by atoms with Gasteiger partial charge in [0.2, 0.25) is 0 Å². The molecule has 0 spiro atoms. The van der Waals surface area contributed by atoms with Gasteiger partial charge in [0.05, 0.1) is 0 Å². The molecule has 1 unspecified atom stereocenters. The Bertz CT molecular complexity index is 629. The van der Waals surface area contributed by atoms with Gasteiger partial charge in [0, 0.05) is 28.0 Å². The monoisotopic (exact) mass is 347 g/mol. The van der Waals surface area contributed by atoms with Crippen LogP contribution in [0.5, 0.6) is 0 Å². The molecular formula is C17H22BrN3. The fraction of sp³-hybridized carbons (Fsp3) is 0.412. The van der Waals surface area contributed by atoms with E-state index < -0.39 is 0 Å². The molecule has 0 fully saturated rings. The molecular weight excluding hydrogens is 326 g/mol. The van der Waals surface area contributed by atoms with Gasteiger partial charge in [0.15, 0.2) is 5.82 Å². The Morgan fingerprint density at radius 2 is 1.76 bits per heavy atom. The smallest absolute Gasteiger partial charge is 0.160 e. The van der Waals surface area contributed by atoms with Crippen LogP contribution in [0.15, 0.2) is 22.7 Å². The van der Waals surface area contributed by atoms with E-state index in [2.05, 4.69) is 67.1 Å². The third-order valence-corrected chi connectivity index (χ3v) is 4.35. The Hall–Kier alpha value is -1.26. The second-order valence-electron chi connectivity index (χ2n) is 5.57. The van der Waals surface area contributed by atoms with Crippen LogP contribution in [-0.2, 0) is 0 Å². The molecule has 1 atom stereocenters. The normalized spacial score (nSPS) is 12.5. The molecule has 2 rings (SSSR count). The number of benzene rings is 1. The second-order valence-corrected chi connectivity index (χ2v) is 6.43. The number of nitrogens with zero attached hydrogens (tertiary/aromatic N) is 2. The predicted octanol–water partition coefficient (Wildman–Crippen LogP) is 4.15. The van der Waals surface area contributed by atoms with E-state index in [1.54, 1.807) is 0 Å². The van der Waals surface area contributed by atoms with Crippen molar-refractivity contribution in [3.05, 3.63) is 45.2 Å². The van der Waals surface area contributed by atoms with E-state index in [-0.39, 0.29) is 0 Å². The number of aromatic nitrogens is 2. The highest BCUT2D eigenvalue weighted by Crippen LogP contribution is 2.29. The van der Waals surface area contributed by atoms with Crippen molar-refractivity contribution in [2.45, 2.75) is 33.6 Å². The topological polar surface area (TPSA) is 37.8 Å². The van der Waals surface area contributed by atoms with Crippen molar-refractivity contribution in [2.75, 3.05) is 13.6 Å². The molecule has 0 radical (unpaired) electrons. The van der Waals surface area contributed by atoms with Gasteiger partial charge in [-0.3, -0.25) is 0 Å². The highest BCUT2D eigenvalue weighted by molar-refractivity contribution is 9.10. The Kier molecular flexibility index (Phi) is 5.12. The summed E-state index contributed by atoms with van der Waals surface area (Å²) in [5.74, 6) is 1.20. The van der Waals surface area contributed by atoms with Crippen LogP contribution in [0, 0.1) is 20.8 Å². The minimum atomic E-state index is 0.408. The van der Waals surface area contributed by atoms with Crippen molar-refractivity contribution in [3.8, 4) is 11.4 Å². The number of likely N-dealkylation sites (N-methyl/N-ethyl adjacent to an activating group) is 1. The fourth-order valence-corrected chi connectivity index (χ4v) is 3.44. The Balaban J connectivity index is 2.49. The molecule has 0 aliphatic heterocycles. The Labute approximate surface area is 135 Å². The summed E-state index contributed by atoms with van der Waals surface area (Å²) >= 11 is 3.62. The Morgan fingerprint density at radius 3 is 2.29 bits per heavy atom. The van der Waals surface area contributed by atoms with E-state index in [0.717, 1.165) is 33.8 Å². The molecule has 0 bridgehead atoms. The van der Waals surface area contributed by atoms with Gasteiger partial charge in [0.25, 0.3) is 0 Å². The molecule has 1 aromatic heterocycles. The molecule has 0 saturated heterocycles. The SMILES string of the molecule is CNCC(C)c1c(C)nc(-c2ccc(C)cc2Br)nc1C. The van der Waals surface area contributed by atoms with Crippen LogP contribution >= 0.6 is 15.9 Å². The molecule has 112 valence electrons. The quantitative estimate of drug-likeness (QED) is 0.902. The summed E-state index contributed by atoms with van der Waals surface area (Å²) in [5, 5.41) is 3.22. The number of aryl methyl sites for hydroxylation is 3. The average Bonchev–Trinajstić information content (AvgIpc) is 2.37. The molecule has 0 amide bonds. The summed E-state index contributed by atoms with van der Waals surface area (Å²) in [6.45, 7) is 9.35. The Morgan fingerprint density at radius 1 is 1.14 bits per heavy atom. The summed E-state index contributed by atoms with van der Waals surface area (Å²) in [6, 6.07) is 6.26. The summed E-state index contributed by atoms with van der Waals surface area (Å²) in [7, 11) is 1.97. The largest absolute Gasteiger partial charge is 0.319 e. The first kappa shape index (κ1) is 16.1. The van der Waals surface area contributed by atoms with Crippen molar-refractivity contribution in [1.82, 2.24) is 15.3 Å². The van der Waals surface area contributed by atoms with Gasteiger partial charge in [-0.1, -0.05) is 28.9 Å². The van der Waals surface area contributed by atoms with E-state index in [1.807, 2.05) is 7.05 Å². The first-order chi connectivity index (χ1) is 9.93. The van der Waals surface area contributed by atoms with Crippen LogP contribution in [0.2, 0.25) is 0 Å². The summed E-state index contributed by atoms with van der Waals surface area (Å²) in [6.07, 6.45) is 0. The van der Waals surface area contributed by atoms with Gasteiger partial charge in [-0.05, 0) is 57.0 Å². The summed E-state index contributed by atoms with van der Waals surface area (Å²) in [5.41, 5.74) is 5.63. The highest BCUT2D eigenvalue weighted by atomic mass is 79.9. The fourth-order valence-electron chi connectivity index (χ4n) is 2.77. The van der Waals surface area contributed by atoms with Crippen molar-refractivity contribution >= 4 is 15.9 Å². The predicted molar refractivity (Wildman–Crippen MR) is 91.7 cm³/mol. The number of halogens is 1. The van der Waals surface area contributed by atoms with Crippen LogP contribution in [0.4, 0.5) is 0 Å². The maximum Gasteiger partial charge on any atom is 0.160 e. The first-order valence-corrected chi connectivity index (χ1v) is 7.99. The minimum Gasteiger partial charge on any atom is -0.319 e. The van der Waals surface area contributed by atoms with Gasteiger partial charge in [-0.25, -0.2) is 9.97 Å². The average molecular weight is 348 g/mol. The second kappa shape index (κ2) is 6.67. The van der Waals surface area contributed by atoms with Crippen molar-refractivity contribution in [3.63, 3.8) is 0 Å². The van der Waals surface area contributed by atoms with E-state index in [4.69, 9.17) is 9.97 Å². The molecule has 0 saturated carbocycles. The lowest BCUT2D eigenvalue weighted by atomic mass is 9.97. The van der Waals surface area contributed by atoms with Gasteiger partial charge >= 0.3 is 0 Å². The third kappa shape index (κ3) is 3.50. The van der Waals surface area contributed by atoms with Gasteiger partial charge in [0.1, 0.15) is 0 Å². The zero-order valence-corrected chi connectivity index (χ0v) is 14.9. The molecule has 3 nitrogen and oxygen atoms in total. The molecule has 1 N–H and O–H groups in total. The lowest BCUT2D eigenvalue weighted by Crippen LogP contribution is -2.17. The molecule has 1 heterocycles. The van der Waals surface area contributed by atoms with Crippen molar-refractivity contribution in [2.24, 2.45) is 0 Å². The molecule has 21 heavy (non-hydrogen) atoms. The number of hydrogen-bond acceptors (Lipinski definition) is 3. The van der Waals surface area contributed by atoms with Crippen LogP contribution in [0.3, 0.4) is 0 Å². The maximum atomic E-state index is 4.73. The van der Waals surface area contributed by atoms with Crippen LogP contribution < -0.4 is 5.32 Å². The molecule has 0 aliphatic rings. The third-order valence-electron chi connectivity index (χ3n) is 3.70. The van der Waals surface area contributed by atoms with Gasteiger partial charge in [-0.15, -0.1) is 0 Å². The van der Waals surface area contributed by atoms with Gasteiger partial charge < -0.3 is 5.32 Å². The van der Waals surface area contributed by atoms with E-state index in [1.165, 1.54) is 11.1 Å². The number of rotatable bonds is 4. The lowest BCUT2D eigenvalue weighted by molar-refractivity contribution is 0.663. The molecule has 4 heteroatoms. The number of nitrogens with one attached hydrogen (secondary N) is 1. The van der Waals surface area contributed by atoms with E-state index >= 15 is 0 Å². The molecule has 0 aliphatic carbocycles. The van der Waals surface area contributed by atoms with Crippen molar-refractivity contribution < 1.29 is 0 Å². The molecule has 1 aromatic carbocycles. The zero-order chi connectivity index (χ0) is 15.6. The highest BCUT2D eigenvalue weighted by Gasteiger charge is 2.16. The standard InChI is InChI=1S/C17H22BrN3/c1-10-6-7-14(15(18)8-10)17-20-12(3)16(13(4)21-17)11(2)9-19-5/h6-8,11,19H,9H2,1-5H3. The summed E-state index contributed by atoms with van der Waals surface area (Å²) < 4.78 is 1.04. The van der Waals surface area contributed by atoms with Crippen LogP contribution in [0.1, 0.15) is 35.4 Å². The van der Waals surface area contributed by atoms with Crippen molar-refractivity contribution in [1.29, 1.82) is 0 Å². The summed E-state index contributed by atoms with van der Waals surface area (Å²) in [4.78, 5) is 9.46. The zero-order valence-electron chi connectivity index (χ0n) is 13.3. The van der Waals surface area contributed by atoms with Crippen LogP contribution in [0.25, 0.3) is 11.4 Å². The molecule has 2 aromatic rings. The van der Waals surface area contributed by atoms with Crippen LogP contribution in [-0.4, -0.2) is 23.6 Å². The maximum absolute atomic E-state index is 4.73.